The summed E-state index contributed by atoms with van der Waals surface area (Å²) >= 11 is 0. The predicted octanol–water partition coefficient (Wildman–Crippen LogP) is 3.76. The monoisotopic (exact) mass is 484 g/mol. The Balaban J connectivity index is 1.65. The third-order valence-electron chi connectivity index (χ3n) is 7.91. The van der Waals surface area contributed by atoms with Gasteiger partial charge in [-0.15, -0.1) is 0 Å². The highest BCUT2D eigenvalue weighted by Crippen LogP contribution is 2.29. The average Bonchev–Trinajstić information content (AvgIpc) is 3.08. The van der Waals surface area contributed by atoms with Crippen molar-refractivity contribution in [3.63, 3.8) is 0 Å². The highest BCUT2D eigenvalue weighted by Gasteiger charge is 2.26. The molecule has 0 atom stereocenters. The van der Waals surface area contributed by atoms with E-state index in [2.05, 4.69) is 22.9 Å². The number of carbonyl (C=O) groups excluding carboxylic acids is 2. The normalized spacial score (nSPS) is 22.6. The lowest BCUT2D eigenvalue weighted by atomic mass is 10.0. The first-order chi connectivity index (χ1) is 17.0. The average molecular weight is 485 g/mol. The molecular weight excluding hydrogens is 440 g/mol. The summed E-state index contributed by atoms with van der Waals surface area (Å²) in [5, 5.41) is 0. The number of hydrogen-bond donors (Lipinski definition) is 0. The molecule has 0 aromatic heterocycles. The number of anilines is 1. The molecule has 4 rings (SSSR count). The number of benzene rings is 1. The molecule has 35 heavy (non-hydrogen) atoms. The molecule has 0 aliphatic carbocycles. The van der Waals surface area contributed by atoms with Crippen LogP contribution >= 0.6 is 0 Å². The molecule has 2 saturated heterocycles. The first-order valence-corrected chi connectivity index (χ1v) is 13.7. The van der Waals surface area contributed by atoms with Crippen molar-refractivity contribution in [1.29, 1.82) is 0 Å². The molecule has 1 aromatic rings. The largest absolute Gasteiger partial charge is 0.381 e. The Morgan fingerprint density at radius 2 is 1.60 bits per heavy atom. The van der Waals surface area contributed by atoms with E-state index in [-0.39, 0.29) is 11.8 Å². The van der Waals surface area contributed by atoms with Crippen LogP contribution in [0.5, 0.6) is 0 Å². The van der Waals surface area contributed by atoms with Gasteiger partial charge in [0.05, 0.1) is 0 Å². The molecule has 3 heterocycles. The highest BCUT2D eigenvalue weighted by molar-refractivity contribution is 5.97. The summed E-state index contributed by atoms with van der Waals surface area (Å²) in [4.78, 5) is 35.1. The van der Waals surface area contributed by atoms with Crippen LogP contribution in [0.1, 0.15) is 74.2 Å². The SMILES string of the molecule is CC(=O)N1CCCCCCCN(C2CCOCC2)Cc2cc(C(=O)N3CCCN(C)CC3)ccc21. The third kappa shape index (κ3) is 7.05. The topological polar surface area (TPSA) is 56.3 Å². The van der Waals surface area contributed by atoms with Crippen LogP contribution in [0.3, 0.4) is 0 Å². The van der Waals surface area contributed by atoms with Gasteiger partial charge in [-0.2, -0.15) is 0 Å². The van der Waals surface area contributed by atoms with Crippen molar-refractivity contribution in [2.75, 3.05) is 64.4 Å². The number of hydrogen-bond acceptors (Lipinski definition) is 5. The maximum Gasteiger partial charge on any atom is 0.253 e. The molecule has 2 fully saturated rings. The van der Waals surface area contributed by atoms with E-state index in [9.17, 15) is 9.59 Å². The minimum atomic E-state index is 0.0792. The molecule has 0 spiro atoms. The summed E-state index contributed by atoms with van der Waals surface area (Å²) in [6, 6.07) is 6.55. The molecule has 3 aliphatic heterocycles. The summed E-state index contributed by atoms with van der Waals surface area (Å²) in [5.41, 5.74) is 2.82. The first-order valence-electron chi connectivity index (χ1n) is 13.7. The van der Waals surface area contributed by atoms with E-state index in [1.165, 1.54) is 19.3 Å². The Bertz CT molecular complexity index is 855. The van der Waals surface area contributed by atoms with Gasteiger partial charge in [0.2, 0.25) is 5.91 Å². The maximum atomic E-state index is 13.5. The second-order valence-electron chi connectivity index (χ2n) is 10.5. The fourth-order valence-electron chi connectivity index (χ4n) is 5.76. The molecule has 2 amide bonds. The standard InChI is InChI=1S/C28H44N4O3/c1-23(33)32-16-7-5-3-4-6-14-31(26-11-19-35-20-12-26)22-25-21-24(9-10-27(25)32)28(34)30-15-8-13-29(2)17-18-30/h9-10,21,26H,3-8,11-20,22H2,1-2H3. The van der Waals surface area contributed by atoms with Gasteiger partial charge in [0.1, 0.15) is 0 Å². The van der Waals surface area contributed by atoms with Crippen LogP contribution in [-0.2, 0) is 16.1 Å². The second-order valence-corrected chi connectivity index (χ2v) is 10.5. The van der Waals surface area contributed by atoms with Gasteiger partial charge in [0.25, 0.3) is 5.91 Å². The summed E-state index contributed by atoms with van der Waals surface area (Å²) < 4.78 is 5.65. The zero-order valence-electron chi connectivity index (χ0n) is 21.8. The van der Waals surface area contributed by atoms with Gasteiger partial charge < -0.3 is 19.4 Å². The zero-order chi connectivity index (χ0) is 24.6. The number of amides is 2. The number of fused-ring (bicyclic) bond motifs is 1. The van der Waals surface area contributed by atoms with Gasteiger partial charge in [-0.05, 0) is 76.0 Å². The molecule has 0 bridgehead atoms. The molecule has 1 aromatic carbocycles. The minimum Gasteiger partial charge on any atom is -0.381 e. The fraction of sp³-hybridized carbons (Fsp3) is 0.714. The predicted molar refractivity (Wildman–Crippen MR) is 140 cm³/mol. The Hall–Kier alpha value is -1.96. The van der Waals surface area contributed by atoms with Gasteiger partial charge in [-0.1, -0.05) is 19.3 Å². The van der Waals surface area contributed by atoms with Crippen LogP contribution in [0.25, 0.3) is 0 Å². The van der Waals surface area contributed by atoms with Crippen LogP contribution in [0, 0.1) is 0 Å². The molecule has 0 unspecified atom stereocenters. The Labute approximate surface area is 211 Å². The van der Waals surface area contributed by atoms with Gasteiger partial charge in [-0.25, -0.2) is 0 Å². The third-order valence-corrected chi connectivity index (χ3v) is 7.91. The van der Waals surface area contributed by atoms with Crippen LogP contribution in [0.15, 0.2) is 18.2 Å². The van der Waals surface area contributed by atoms with Crippen molar-refractivity contribution >= 4 is 17.5 Å². The zero-order valence-corrected chi connectivity index (χ0v) is 21.8. The molecule has 0 N–H and O–H groups in total. The summed E-state index contributed by atoms with van der Waals surface area (Å²) in [6.45, 7) is 9.37. The molecule has 0 radical (unpaired) electrons. The number of carbonyl (C=O) groups is 2. The minimum absolute atomic E-state index is 0.0792. The lowest BCUT2D eigenvalue weighted by Crippen LogP contribution is -2.40. The van der Waals surface area contributed by atoms with Crippen molar-refractivity contribution in [3.8, 4) is 0 Å². The van der Waals surface area contributed by atoms with E-state index in [0.29, 0.717) is 6.04 Å². The van der Waals surface area contributed by atoms with Gasteiger partial charge in [-0.3, -0.25) is 14.5 Å². The van der Waals surface area contributed by atoms with E-state index in [0.717, 1.165) is 108 Å². The molecule has 7 nitrogen and oxygen atoms in total. The number of ether oxygens (including phenoxy) is 1. The Kier molecular flexibility index (Phi) is 9.58. The second kappa shape index (κ2) is 12.8. The number of likely N-dealkylation sites (N-methyl/N-ethyl adjacent to an activating group) is 1. The lowest BCUT2D eigenvalue weighted by molar-refractivity contribution is -0.116. The number of nitrogens with zero attached hydrogens (tertiary/aromatic N) is 4. The maximum absolute atomic E-state index is 13.5. The van der Waals surface area contributed by atoms with Gasteiger partial charge >= 0.3 is 0 Å². The summed E-state index contributed by atoms with van der Waals surface area (Å²) in [6.07, 6.45) is 8.91. The molecular formula is C28H44N4O3. The fourth-order valence-corrected chi connectivity index (χ4v) is 5.76. The highest BCUT2D eigenvalue weighted by atomic mass is 16.5. The van der Waals surface area contributed by atoms with Crippen molar-refractivity contribution in [2.24, 2.45) is 0 Å². The molecule has 7 heteroatoms. The van der Waals surface area contributed by atoms with Crippen LogP contribution in [0.2, 0.25) is 0 Å². The smallest absolute Gasteiger partial charge is 0.253 e. The van der Waals surface area contributed by atoms with Crippen molar-refractivity contribution in [3.05, 3.63) is 29.3 Å². The van der Waals surface area contributed by atoms with Gasteiger partial charge in [0, 0.05) is 70.2 Å². The molecule has 3 aliphatic rings. The van der Waals surface area contributed by atoms with Crippen LogP contribution < -0.4 is 4.90 Å². The quantitative estimate of drug-likeness (QED) is 0.640. The Morgan fingerprint density at radius 1 is 0.857 bits per heavy atom. The van der Waals surface area contributed by atoms with Crippen molar-refractivity contribution in [2.45, 2.75) is 70.9 Å². The number of rotatable bonds is 2. The van der Waals surface area contributed by atoms with Crippen molar-refractivity contribution in [1.82, 2.24) is 14.7 Å². The Morgan fingerprint density at radius 3 is 2.37 bits per heavy atom. The van der Waals surface area contributed by atoms with Crippen LogP contribution in [0.4, 0.5) is 5.69 Å². The van der Waals surface area contributed by atoms with Crippen LogP contribution in [-0.4, -0.2) is 92.1 Å². The van der Waals surface area contributed by atoms with Crippen molar-refractivity contribution < 1.29 is 14.3 Å². The summed E-state index contributed by atoms with van der Waals surface area (Å²) in [7, 11) is 2.12. The first kappa shape index (κ1) is 26.1. The van der Waals surface area contributed by atoms with E-state index in [1.807, 2.05) is 21.9 Å². The van der Waals surface area contributed by atoms with E-state index in [1.54, 1.807) is 6.92 Å². The molecule has 194 valence electrons. The van der Waals surface area contributed by atoms with E-state index >= 15 is 0 Å². The molecule has 0 saturated carbocycles. The van der Waals surface area contributed by atoms with E-state index < -0.39 is 0 Å². The van der Waals surface area contributed by atoms with Gasteiger partial charge in [0.15, 0.2) is 0 Å². The van der Waals surface area contributed by atoms with E-state index in [4.69, 9.17) is 4.74 Å². The lowest BCUT2D eigenvalue weighted by Gasteiger charge is -2.36. The summed E-state index contributed by atoms with van der Waals surface area (Å²) in [5.74, 6) is 0.191.